The smallest absolute Gasteiger partial charge is 0.317 e. The molecule has 1 saturated heterocycles. The Bertz CT molecular complexity index is 400. The standard InChI is InChI=1S/C11H12BrF3N2/c12-8-5-9(7-1-3-16-4-2-7)17-10(6-8)11(13,14)15/h5-7,16H,1-4H2. The van der Waals surface area contributed by atoms with Gasteiger partial charge in [-0.1, -0.05) is 15.9 Å². The maximum Gasteiger partial charge on any atom is 0.433 e. The number of hydrogen-bond donors (Lipinski definition) is 1. The highest BCUT2D eigenvalue weighted by Gasteiger charge is 2.33. The van der Waals surface area contributed by atoms with Gasteiger partial charge in [-0.2, -0.15) is 13.2 Å². The first-order valence-electron chi connectivity index (χ1n) is 5.42. The van der Waals surface area contributed by atoms with Crippen LogP contribution in [0.5, 0.6) is 0 Å². The number of aromatic nitrogens is 1. The van der Waals surface area contributed by atoms with Gasteiger partial charge < -0.3 is 5.32 Å². The molecule has 2 rings (SSSR count). The maximum absolute atomic E-state index is 12.6. The van der Waals surface area contributed by atoms with Crippen LogP contribution >= 0.6 is 15.9 Å². The lowest BCUT2D eigenvalue weighted by Gasteiger charge is -2.23. The molecule has 0 spiro atoms. The van der Waals surface area contributed by atoms with Gasteiger partial charge in [0.2, 0.25) is 0 Å². The average molecular weight is 309 g/mol. The summed E-state index contributed by atoms with van der Waals surface area (Å²) in [5.41, 5.74) is -0.284. The van der Waals surface area contributed by atoms with Crippen LogP contribution in [0.1, 0.15) is 30.1 Å². The first-order valence-corrected chi connectivity index (χ1v) is 6.21. The molecule has 1 aromatic rings. The lowest BCUT2D eigenvalue weighted by Crippen LogP contribution is -2.27. The second-order valence-corrected chi connectivity index (χ2v) is 5.03. The van der Waals surface area contributed by atoms with Gasteiger partial charge in [0.05, 0.1) is 0 Å². The molecule has 1 fully saturated rings. The van der Waals surface area contributed by atoms with E-state index in [1.54, 1.807) is 6.07 Å². The normalized spacial score (nSPS) is 18.4. The molecule has 1 aromatic heterocycles. The average Bonchev–Trinajstić information content (AvgIpc) is 2.28. The van der Waals surface area contributed by atoms with Crippen molar-refractivity contribution >= 4 is 15.9 Å². The number of halogens is 4. The zero-order valence-corrected chi connectivity index (χ0v) is 10.6. The fraction of sp³-hybridized carbons (Fsp3) is 0.545. The molecule has 0 amide bonds. The van der Waals surface area contributed by atoms with Gasteiger partial charge in [0.1, 0.15) is 5.69 Å². The van der Waals surface area contributed by atoms with Crippen molar-refractivity contribution in [1.82, 2.24) is 10.3 Å². The molecule has 2 heterocycles. The van der Waals surface area contributed by atoms with Crippen molar-refractivity contribution in [3.05, 3.63) is 28.0 Å². The van der Waals surface area contributed by atoms with Gasteiger partial charge >= 0.3 is 6.18 Å². The zero-order valence-electron chi connectivity index (χ0n) is 9.02. The second-order valence-electron chi connectivity index (χ2n) is 4.12. The lowest BCUT2D eigenvalue weighted by atomic mass is 9.94. The summed E-state index contributed by atoms with van der Waals surface area (Å²) in [6.07, 6.45) is -2.72. The minimum atomic E-state index is -4.38. The van der Waals surface area contributed by atoms with Crippen molar-refractivity contribution in [2.24, 2.45) is 0 Å². The summed E-state index contributed by atoms with van der Waals surface area (Å²) < 4.78 is 38.3. The summed E-state index contributed by atoms with van der Waals surface area (Å²) in [4.78, 5) is 3.75. The first kappa shape index (κ1) is 12.8. The summed E-state index contributed by atoms with van der Waals surface area (Å²) in [7, 11) is 0. The quantitative estimate of drug-likeness (QED) is 0.861. The summed E-state index contributed by atoms with van der Waals surface area (Å²) >= 11 is 3.12. The molecule has 0 bridgehead atoms. The van der Waals surface area contributed by atoms with Crippen molar-refractivity contribution < 1.29 is 13.2 Å². The number of rotatable bonds is 1. The van der Waals surface area contributed by atoms with Gasteiger partial charge in [-0.3, -0.25) is 0 Å². The number of piperidine rings is 1. The lowest BCUT2D eigenvalue weighted by molar-refractivity contribution is -0.141. The Kier molecular flexibility index (Phi) is 3.73. The van der Waals surface area contributed by atoms with E-state index in [4.69, 9.17) is 0 Å². The minimum Gasteiger partial charge on any atom is -0.317 e. The van der Waals surface area contributed by atoms with E-state index in [-0.39, 0.29) is 5.92 Å². The third-order valence-corrected chi connectivity index (χ3v) is 3.32. The predicted octanol–water partition coefficient (Wildman–Crippen LogP) is 3.33. The molecule has 0 saturated carbocycles. The summed E-state index contributed by atoms with van der Waals surface area (Å²) in [5.74, 6) is 0.120. The fourth-order valence-corrected chi connectivity index (χ4v) is 2.44. The monoisotopic (exact) mass is 308 g/mol. The third-order valence-electron chi connectivity index (χ3n) is 2.86. The van der Waals surface area contributed by atoms with Crippen LogP contribution in [0, 0.1) is 0 Å². The number of alkyl halides is 3. The van der Waals surface area contributed by atoms with Gasteiger partial charge in [-0.05, 0) is 38.1 Å². The van der Waals surface area contributed by atoms with Crippen molar-refractivity contribution in [1.29, 1.82) is 0 Å². The molecule has 0 radical (unpaired) electrons. The number of pyridine rings is 1. The largest absolute Gasteiger partial charge is 0.433 e. The van der Waals surface area contributed by atoms with Crippen LogP contribution < -0.4 is 5.32 Å². The molecular weight excluding hydrogens is 297 g/mol. The van der Waals surface area contributed by atoms with Gasteiger partial charge in [-0.25, -0.2) is 4.98 Å². The highest BCUT2D eigenvalue weighted by molar-refractivity contribution is 9.10. The van der Waals surface area contributed by atoms with Gasteiger partial charge in [-0.15, -0.1) is 0 Å². The molecule has 94 valence electrons. The molecule has 1 N–H and O–H groups in total. The second kappa shape index (κ2) is 4.94. The Morgan fingerprint density at radius 3 is 2.47 bits per heavy atom. The molecule has 0 unspecified atom stereocenters. The summed E-state index contributed by atoms with van der Waals surface area (Å²) in [6.45, 7) is 1.67. The van der Waals surface area contributed by atoms with Crippen LogP contribution in [0.4, 0.5) is 13.2 Å². The topological polar surface area (TPSA) is 24.9 Å². The highest BCUT2D eigenvalue weighted by atomic mass is 79.9. The zero-order chi connectivity index (χ0) is 12.5. The summed E-state index contributed by atoms with van der Waals surface area (Å²) in [5, 5.41) is 3.18. The van der Waals surface area contributed by atoms with E-state index >= 15 is 0 Å². The molecule has 17 heavy (non-hydrogen) atoms. The van der Waals surface area contributed by atoms with Crippen molar-refractivity contribution in [3.63, 3.8) is 0 Å². The van der Waals surface area contributed by atoms with E-state index in [2.05, 4.69) is 26.2 Å². The molecule has 1 aliphatic rings. The van der Waals surface area contributed by atoms with Crippen LogP contribution in [0.25, 0.3) is 0 Å². The molecule has 1 aliphatic heterocycles. The van der Waals surface area contributed by atoms with E-state index in [1.807, 2.05) is 0 Å². The van der Waals surface area contributed by atoms with Crippen molar-refractivity contribution in [2.75, 3.05) is 13.1 Å². The van der Waals surface area contributed by atoms with E-state index in [9.17, 15) is 13.2 Å². The fourth-order valence-electron chi connectivity index (χ4n) is 1.99. The van der Waals surface area contributed by atoms with E-state index in [1.165, 1.54) is 0 Å². The van der Waals surface area contributed by atoms with E-state index < -0.39 is 11.9 Å². The first-order chi connectivity index (χ1) is 7.97. The number of nitrogens with one attached hydrogen (secondary N) is 1. The molecule has 0 aromatic carbocycles. The minimum absolute atomic E-state index is 0.120. The van der Waals surface area contributed by atoms with Gasteiger partial charge in [0.15, 0.2) is 0 Å². The van der Waals surface area contributed by atoms with Crippen LogP contribution in [0.3, 0.4) is 0 Å². The van der Waals surface area contributed by atoms with Crippen molar-refractivity contribution in [3.8, 4) is 0 Å². The Balaban J connectivity index is 2.31. The van der Waals surface area contributed by atoms with Crippen LogP contribution in [-0.4, -0.2) is 18.1 Å². The number of hydrogen-bond acceptors (Lipinski definition) is 2. The van der Waals surface area contributed by atoms with Crippen molar-refractivity contribution in [2.45, 2.75) is 24.9 Å². The SMILES string of the molecule is FC(F)(F)c1cc(Br)cc(C2CCNCC2)n1. The molecule has 0 atom stereocenters. The Morgan fingerprint density at radius 2 is 1.88 bits per heavy atom. The summed E-state index contributed by atoms with van der Waals surface area (Å²) in [6, 6.07) is 2.70. The van der Waals surface area contributed by atoms with Gasteiger partial charge in [0.25, 0.3) is 0 Å². The molecular formula is C11H12BrF3N2. The molecule has 6 heteroatoms. The highest BCUT2D eigenvalue weighted by Crippen LogP contribution is 2.33. The Morgan fingerprint density at radius 1 is 1.24 bits per heavy atom. The Labute approximate surface area is 106 Å². The Hall–Kier alpha value is -0.620. The van der Waals surface area contributed by atoms with E-state index in [0.29, 0.717) is 10.2 Å². The van der Waals surface area contributed by atoms with Crippen LogP contribution in [0.2, 0.25) is 0 Å². The van der Waals surface area contributed by atoms with Crippen LogP contribution in [-0.2, 0) is 6.18 Å². The molecule has 2 nitrogen and oxygen atoms in total. The molecule has 0 aliphatic carbocycles. The van der Waals surface area contributed by atoms with Crippen LogP contribution in [0.15, 0.2) is 16.6 Å². The third kappa shape index (κ3) is 3.19. The maximum atomic E-state index is 12.6. The van der Waals surface area contributed by atoms with Gasteiger partial charge in [0, 0.05) is 16.1 Å². The predicted molar refractivity (Wildman–Crippen MR) is 61.8 cm³/mol. The van der Waals surface area contributed by atoms with E-state index in [0.717, 1.165) is 32.0 Å². The number of nitrogens with zero attached hydrogens (tertiary/aromatic N) is 1.